The first-order valence-electron chi connectivity index (χ1n) is 28.2. The van der Waals surface area contributed by atoms with E-state index in [4.69, 9.17) is 9.47 Å². The van der Waals surface area contributed by atoms with E-state index in [2.05, 4.69) is 43.5 Å². The van der Waals surface area contributed by atoms with Gasteiger partial charge >= 0.3 is 0 Å². The Hall–Kier alpha value is -1.59. The Kier molecular flexibility index (Phi) is 44.6. The van der Waals surface area contributed by atoms with Gasteiger partial charge in [-0.05, 0) is 44.9 Å². The largest absolute Gasteiger partial charge is 0.394 e. The molecule has 0 aromatic carbocycles. The molecule has 1 fully saturated rings. The number of aliphatic hydroxyl groups excluding tert-OH is 5. The summed E-state index contributed by atoms with van der Waals surface area (Å²) in [6, 6.07) is -0.825. The minimum absolute atomic E-state index is 0.189. The predicted molar refractivity (Wildman–Crippen MR) is 276 cm³/mol. The van der Waals surface area contributed by atoms with E-state index in [0.29, 0.717) is 6.42 Å². The van der Waals surface area contributed by atoms with Crippen molar-refractivity contribution in [2.75, 3.05) is 13.2 Å². The summed E-state index contributed by atoms with van der Waals surface area (Å²) in [5, 5.41) is 54.4. The molecule has 1 aliphatic heterocycles. The fraction of sp³-hybridized carbons (Fsp3) is 0.877. The number of unbranched alkanes of at least 4 members (excludes halogenated alkanes) is 34. The summed E-state index contributed by atoms with van der Waals surface area (Å²) in [4.78, 5) is 13.0. The second-order valence-corrected chi connectivity index (χ2v) is 19.7. The molecule has 9 nitrogen and oxygen atoms in total. The summed E-state index contributed by atoms with van der Waals surface area (Å²) < 4.78 is 11.2. The molecule has 0 spiro atoms. The molecule has 0 aliphatic carbocycles. The first-order valence-corrected chi connectivity index (χ1v) is 28.2. The molecular formula is C57H107NO8. The summed E-state index contributed by atoms with van der Waals surface area (Å²) in [5.74, 6) is -0.189. The second-order valence-electron chi connectivity index (χ2n) is 19.7. The van der Waals surface area contributed by atoms with E-state index in [9.17, 15) is 30.3 Å². The van der Waals surface area contributed by atoms with E-state index in [-0.39, 0.29) is 12.5 Å². The number of rotatable bonds is 48. The van der Waals surface area contributed by atoms with Gasteiger partial charge in [-0.25, -0.2) is 0 Å². The Morgan fingerprint density at radius 1 is 0.500 bits per heavy atom. The molecule has 9 heteroatoms. The van der Waals surface area contributed by atoms with Crippen molar-refractivity contribution in [3.05, 3.63) is 36.5 Å². The van der Waals surface area contributed by atoms with Gasteiger partial charge in [0, 0.05) is 6.42 Å². The van der Waals surface area contributed by atoms with Crippen LogP contribution in [0.5, 0.6) is 0 Å². The van der Waals surface area contributed by atoms with Crippen LogP contribution in [0.25, 0.3) is 0 Å². The maximum absolute atomic E-state index is 13.0. The Morgan fingerprint density at radius 2 is 0.864 bits per heavy atom. The summed E-state index contributed by atoms with van der Waals surface area (Å²) in [6.45, 7) is 3.78. The van der Waals surface area contributed by atoms with Crippen LogP contribution in [0.3, 0.4) is 0 Å². The van der Waals surface area contributed by atoms with E-state index in [1.165, 1.54) is 199 Å². The van der Waals surface area contributed by atoms with Crippen LogP contribution >= 0.6 is 0 Å². The maximum Gasteiger partial charge on any atom is 0.220 e. The molecule has 1 heterocycles. The quantitative estimate of drug-likeness (QED) is 0.0261. The second kappa shape index (κ2) is 47.1. The highest BCUT2D eigenvalue weighted by molar-refractivity contribution is 5.76. The molecule has 7 unspecified atom stereocenters. The highest BCUT2D eigenvalue weighted by atomic mass is 16.7. The van der Waals surface area contributed by atoms with Crippen molar-refractivity contribution >= 4 is 5.91 Å². The fourth-order valence-corrected chi connectivity index (χ4v) is 8.96. The zero-order valence-corrected chi connectivity index (χ0v) is 43.0. The van der Waals surface area contributed by atoms with Crippen LogP contribution in [-0.4, -0.2) is 87.5 Å². The number of hydrogen-bond acceptors (Lipinski definition) is 8. The molecular weight excluding hydrogens is 827 g/mol. The van der Waals surface area contributed by atoms with Gasteiger partial charge in [-0.15, -0.1) is 0 Å². The molecule has 6 N–H and O–H groups in total. The van der Waals surface area contributed by atoms with Crippen molar-refractivity contribution in [3.8, 4) is 0 Å². The lowest BCUT2D eigenvalue weighted by molar-refractivity contribution is -0.302. The molecule has 0 aromatic rings. The molecule has 1 aliphatic rings. The third-order valence-electron chi connectivity index (χ3n) is 13.4. The Balaban J connectivity index is 2.23. The van der Waals surface area contributed by atoms with Gasteiger partial charge in [0.1, 0.15) is 24.4 Å². The van der Waals surface area contributed by atoms with Crippen LogP contribution in [0, 0.1) is 0 Å². The van der Waals surface area contributed by atoms with Crippen molar-refractivity contribution in [3.63, 3.8) is 0 Å². The van der Waals surface area contributed by atoms with Gasteiger partial charge in [-0.1, -0.05) is 249 Å². The number of ether oxygens (including phenoxy) is 2. The highest BCUT2D eigenvalue weighted by Gasteiger charge is 2.44. The molecule has 0 saturated carbocycles. The molecule has 0 aromatic heterocycles. The molecule has 1 saturated heterocycles. The maximum atomic E-state index is 13.0. The van der Waals surface area contributed by atoms with Crippen molar-refractivity contribution in [2.24, 2.45) is 0 Å². The van der Waals surface area contributed by atoms with Gasteiger partial charge < -0.3 is 40.3 Å². The van der Waals surface area contributed by atoms with Gasteiger partial charge in [0.2, 0.25) is 5.91 Å². The minimum atomic E-state index is -1.57. The summed E-state index contributed by atoms with van der Waals surface area (Å²) >= 11 is 0. The molecule has 1 amide bonds. The smallest absolute Gasteiger partial charge is 0.220 e. The molecule has 66 heavy (non-hydrogen) atoms. The third-order valence-corrected chi connectivity index (χ3v) is 13.4. The highest BCUT2D eigenvalue weighted by Crippen LogP contribution is 2.23. The SMILES string of the molecule is CCCCCCCCCCCCCCCCCCCCC/C=C/CC/C=C/CC/C=C/C(O)C(COC1OC(CO)C(O)C(O)C1O)NC(=O)CCCCCCCCCCCCCCCC. The summed E-state index contributed by atoms with van der Waals surface area (Å²) in [5.41, 5.74) is 0. The fourth-order valence-electron chi connectivity index (χ4n) is 8.96. The van der Waals surface area contributed by atoms with Crippen LogP contribution in [0.15, 0.2) is 36.5 Å². The first-order chi connectivity index (χ1) is 32.3. The van der Waals surface area contributed by atoms with E-state index in [0.717, 1.165) is 44.9 Å². The van der Waals surface area contributed by atoms with E-state index < -0.39 is 49.5 Å². The number of nitrogens with one attached hydrogen (secondary N) is 1. The van der Waals surface area contributed by atoms with Gasteiger partial charge in [-0.3, -0.25) is 4.79 Å². The van der Waals surface area contributed by atoms with Crippen LogP contribution in [0.4, 0.5) is 0 Å². The van der Waals surface area contributed by atoms with Crippen molar-refractivity contribution in [2.45, 2.75) is 307 Å². The van der Waals surface area contributed by atoms with Crippen LogP contribution < -0.4 is 5.32 Å². The van der Waals surface area contributed by atoms with Crippen LogP contribution in [0.2, 0.25) is 0 Å². The van der Waals surface area contributed by atoms with Crippen molar-refractivity contribution in [1.82, 2.24) is 5.32 Å². The lowest BCUT2D eigenvalue weighted by atomic mass is 9.99. The average molecular weight is 934 g/mol. The average Bonchev–Trinajstić information content (AvgIpc) is 3.32. The molecule has 388 valence electrons. The number of carbonyl (C=O) groups is 1. The lowest BCUT2D eigenvalue weighted by Crippen LogP contribution is -2.60. The first kappa shape index (κ1) is 62.4. The van der Waals surface area contributed by atoms with Gasteiger partial charge in [0.25, 0.3) is 0 Å². The lowest BCUT2D eigenvalue weighted by Gasteiger charge is -2.40. The van der Waals surface area contributed by atoms with Gasteiger partial charge in [0.05, 0.1) is 25.4 Å². The third kappa shape index (κ3) is 36.4. The standard InChI is InChI=1S/C57H107NO8/c1-3-5-7-9-11-13-15-17-19-20-21-22-23-24-25-26-27-28-29-30-31-32-33-34-36-38-40-42-44-46-51(60)50(49-65-57-56(64)55(63)54(62)52(48-59)66-57)58-53(61)47-45-43-41-39-37-35-18-16-14-12-10-8-6-4-2/h31-32,36,38,44,46,50-52,54-57,59-60,62-64H,3-30,33-35,37,39-43,45,47-49H2,1-2H3,(H,58,61)/b32-31+,38-36+,46-44+. The molecule has 7 atom stereocenters. The number of amides is 1. The van der Waals surface area contributed by atoms with Crippen LogP contribution in [0.1, 0.15) is 264 Å². The number of allylic oxidation sites excluding steroid dienone is 5. The Morgan fingerprint density at radius 3 is 1.27 bits per heavy atom. The van der Waals surface area contributed by atoms with Crippen LogP contribution in [-0.2, 0) is 14.3 Å². The van der Waals surface area contributed by atoms with Crippen molar-refractivity contribution < 1.29 is 39.8 Å². The summed E-state index contributed by atoms with van der Waals surface area (Å²) in [7, 11) is 0. The van der Waals surface area contributed by atoms with E-state index in [1.807, 2.05) is 6.08 Å². The zero-order valence-electron chi connectivity index (χ0n) is 43.0. The topological polar surface area (TPSA) is 149 Å². The predicted octanol–water partition coefficient (Wildman–Crippen LogP) is 13.6. The number of hydrogen-bond donors (Lipinski definition) is 6. The van der Waals surface area contributed by atoms with E-state index in [1.54, 1.807) is 6.08 Å². The Bertz CT molecular complexity index is 1130. The van der Waals surface area contributed by atoms with Crippen molar-refractivity contribution in [1.29, 1.82) is 0 Å². The zero-order chi connectivity index (χ0) is 48.0. The van der Waals surface area contributed by atoms with Gasteiger partial charge in [-0.2, -0.15) is 0 Å². The molecule has 0 radical (unpaired) electrons. The summed E-state index contributed by atoms with van der Waals surface area (Å²) in [6.07, 6.45) is 53.7. The number of aliphatic hydroxyl groups is 5. The number of carbonyl (C=O) groups excluding carboxylic acids is 1. The monoisotopic (exact) mass is 934 g/mol. The molecule has 0 bridgehead atoms. The normalized spacial score (nSPS) is 20.0. The Labute approximate surface area is 406 Å². The minimum Gasteiger partial charge on any atom is -0.394 e. The van der Waals surface area contributed by atoms with Gasteiger partial charge in [0.15, 0.2) is 6.29 Å². The molecule has 1 rings (SSSR count). The van der Waals surface area contributed by atoms with E-state index >= 15 is 0 Å².